The van der Waals surface area contributed by atoms with E-state index in [1.807, 2.05) is 30.3 Å². The summed E-state index contributed by atoms with van der Waals surface area (Å²) in [5.41, 5.74) is 1.20. The number of hydrogen-bond acceptors (Lipinski definition) is 3. The van der Waals surface area contributed by atoms with Gasteiger partial charge in [0.1, 0.15) is 5.76 Å². The van der Waals surface area contributed by atoms with Crippen molar-refractivity contribution < 1.29 is 4.42 Å². The van der Waals surface area contributed by atoms with E-state index in [0.29, 0.717) is 0 Å². The Bertz CT molecular complexity index is 648. The Morgan fingerprint density at radius 2 is 1.95 bits per heavy atom. The lowest BCUT2D eigenvalue weighted by atomic mass is 10.0. The third-order valence-electron chi connectivity index (χ3n) is 3.12. The average Bonchev–Trinajstić information content (AvgIpc) is 3.13. The minimum absolute atomic E-state index is 0.0696. The smallest absolute Gasteiger partial charge is 0.125 e. The lowest BCUT2D eigenvalue weighted by Gasteiger charge is -2.17. The molecule has 1 atom stereocenters. The first kappa shape index (κ1) is 13.6. The number of thiophene rings is 1. The SMILES string of the molecule is Brc1ccsc1CNC(c1ccccc1)c1ccco1. The maximum absolute atomic E-state index is 5.58. The van der Waals surface area contributed by atoms with Crippen LogP contribution in [-0.4, -0.2) is 0 Å². The van der Waals surface area contributed by atoms with Gasteiger partial charge in [0, 0.05) is 15.9 Å². The van der Waals surface area contributed by atoms with Gasteiger partial charge in [0.15, 0.2) is 0 Å². The molecule has 3 rings (SSSR count). The summed E-state index contributed by atoms with van der Waals surface area (Å²) in [5, 5.41) is 5.66. The summed E-state index contributed by atoms with van der Waals surface area (Å²) >= 11 is 5.31. The summed E-state index contributed by atoms with van der Waals surface area (Å²) in [6.07, 6.45) is 1.72. The molecule has 0 aliphatic rings. The van der Waals surface area contributed by atoms with Gasteiger partial charge in [0.25, 0.3) is 0 Å². The summed E-state index contributed by atoms with van der Waals surface area (Å²) in [4.78, 5) is 1.29. The van der Waals surface area contributed by atoms with E-state index in [0.717, 1.165) is 16.8 Å². The van der Waals surface area contributed by atoms with Gasteiger partial charge in [-0.15, -0.1) is 11.3 Å². The van der Waals surface area contributed by atoms with Crippen LogP contribution >= 0.6 is 27.3 Å². The number of rotatable bonds is 5. The Labute approximate surface area is 130 Å². The van der Waals surface area contributed by atoms with E-state index < -0.39 is 0 Å². The van der Waals surface area contributed by atoms with Crippen LogP contribution < -0.4 is 5.32 Å². The third kappa shape index (κ3) is 3.03. The molecule has 0 amide bonds. The maximum Gasteiger partial charge on any atom is 0.125 e. The van der Waals surface area contributed by atoms with Crippen molar-refractivity contribution in [1.82, 2.24) is 5.32 Å². The zero-order valence-corrected chi connectivity index (χ0v) is 13.2. The van der Waals surface area contributed by atoms with Crippen LogP contribution in [-0.2, 0) is 6.54 Å². The van der Waals surface area contributed by atoms with Crippen molar-refractivity contribution in [3.63, 3.8) is 0 Å². The van der Waals surface area contributed by atoms with Crippen LogP contribution in [0, 0.1) is 0 Å². The van der Waals surface area contributed by atoms with Gasteiger partial charge >= 0.3 is 0 Å². The normalized spacial score (nSPS) is 12.4. The highest BCUT2D eigenvalue weighted by atomic mass is 79.9. The molecule has 1 N–H and O–H groups in total. The fraction of sp³-hybridized carbons (Fsp3) is 0.125. The van der Waals surface area contributed by atoms with Crippen LogP contribution in [0.5, 0.6) is 0 Å². The van der Waals surface area contributed by atoms with Crippen LogP contribution in [0.25, 0.3) is 0 Å². The van der Waals surface area contributed by atoms with Crippen molar-refractivity contribution in [2.75, 3.05) is 0 Å². The second-order valence-electron chi connectivity index (χ2n) is 4.43. The summed E-state index contributed by atoms with van der Waals surface area (Å²) in [7, 11) is 0. The van der Waals surface area contributed by atoms with Crippen LogP contribution in [0.2, 0.25) is 0 Å². The van der Waals surface area contributed by atoms with E-state index in [9.17, 15) is 0 Å². The topological polar surface area (TPSA) is 25.2 Å². The quantitative estimate of drug-likeness (QED) is 0.703. The zero-order chi connectivity index (χ0) is 13.8. The maximum atomic E-state index is 5.58. The standard InChI is InChI=1S/C16H14BrNOS/c17-13-8-10-20-15(13)11-18-16(14-7-4-9-19-14)12-5-2-1-3-6-12/h1-10,16,18H,11H2. The van der Waals surface area contributed by atoms with E-state index in [1.165, 1.54) is 10.4 Å². The molecular weight excluding hydrogens is 334 g/mol. The molecule has 1 aromatic carbocycles. The van der Waals surface area contributed by atoms with Crippen LogP contribution in [0.1, 0.15) is 22.2 Å². The van der Waals surface area contributed by atoms with Gasteiger partial charge in [-0.2, -0.15) is 0 Å². The highest BCUT2D eigenvalue weighted by Gasteiger charge is 2.16. The molecule has 0 saturated heterocycles. The Morgan fingerprint density at radius 3 is 2.60 bits per heavy atom. The summed E-state index contributed by atoms with van der Waals surface area (Å²) in [6.45, 7) is 0.804. The molecular formula is C16H14BrNOS. The minimum Gasteiger partial charge on any atom is -0.467 e. The predicted molar refractivity (Wildman–Crippen MR) is 85.9 cm³/mol. The predicted octanol–water partition coefficient (Wildman–Crippen LogP) is 4.98. The van der Waals surface area contributed by atoms with Crippen LogP contribution in [0.15, 0.2) is 69.1 Å². The number of hydrogen-bond donors (Lipinski definition) is 1. The molecule has 0 radical (unpaired) electrons. The van der Waals surface area contributed by atoms with Crippen LogP contribution in [0.3, 0.4) is 0 Å². The minimum atomic E-state index is 0.0696. The molecule has 3 aromatic rings. The molecule has 102 valence electrons. The Hall–Kier alpha value is -1.36. The van der Waals surface area contributed by atoms with Crippen molar-refractivity contribution in [2.24, 2.45) is 0 Å². The van der Waals surface area contributed by atoms with E-state index in [-0.39, 0.29) is 6.04 Å². The molecule has 1 unspecified atom stereocenters. The van der Waals surface area contributed by atoms with E-state index in [2.05, 4.69) is 44.8 Å². The average molecular weight is 348 g/mol. The first-order chi connectivity index (χ1) is 9.84. The molecule has 0 bridgehead atoms. The molecule has 0 spiro atoms. The summed E-state index contributed by atoms with van der Waals surface area (Å²) < 4.78 is 6.73. The molecule has 4 heteroatoms. The largest absolute Gasteiger partial charge is 0.467 e. The number of benzene rings is 1. The monoisotopic (exact) mass is 347 g/mol. The Morgan fingerprint density at radius 1 is 1.10 bits per heavy atom. The molecule has 0 fully saturated rings. The number of halogens is 1. The fourth-order valence-corrected chi connectivity index (χ4v) is 3.57. The fourth-order valence-electron chi connectivity index (χ4n) is 2.13. The molecule has 2 aromatic heterocycles. The van der Waals surface area contributed by atoms with E-state index >= 15 is 0 Å². The second-order valence-corrected chi connectivity index (χ2v) is 6.29. The van der Waals surface area contributed by atoms with Crippen molar-refractivity contribution in [2.45, 2.75) is 12.6 Å². The lowest BCUT2D eigenvalue weighted by Crippen LogP contribution is -2.21. The zero-order valence-electron chi connectivity index (χ0n) is 10.8. The van der Waals surface area contributed by atoms with Crippen molar-refractivity contribution >= 4 is 27.3 Å². The van der Waals surface area contributed by atoms with Crippen molar-refractivity contribution in [3.05, 3.63) is 80.8 Å². The lowest BCUT2D eigenvalue weighted by molar-refractivity contribution is 0.446. The number of furan rings is 1. The Kier molecular flexibility index (Phi) is 4.35. The van der Waals surface area contributed by atoms with Crippen LogP contribution in [0.4, 0.5) is 0 Å². The van der Waals surface area contributed by atoms with Gasteiger partial charge in [0.05, 0.1) is 12.3 Å². The molecule has 0 aliphatic carbocycles. The van der Waals surface area contributed by atoms with E-state index in [1.54, 1.807) is 17.6 Å². The third-order valence-corrected chi connectivity index (χ3v) is 5.04. The van der Waals surface area contributed by atoms with Gasteiger partial charge in [-0.05, 0) is 45.1 Å². The second kappa shape index (κ2) is 6.39. The van der Waals surface area contributed by atoms with Gasteiger partial charge in [0.2, 0.25) is 0 Å². The number of nitrogens with one attached hydrogen (secondary N) is 1. The summed E-state index contributed by atoms with van der Waals surface area (Å²) in [6, 6.07) is 16.4. The summed E-state index contributed by atoms with van der Waals surface area (Å²) in [5.74, 6) is 0.934. The van der Waals surface area contributed by atoms with Gasteiger partial charge in [-0.3, -0.25) is 5.32 Å². The van der Waals surface area contributed by atoms with Gasteiger partial charge in [-0.25, -0.2) is 0 Å². The molecule has 0 saturated carbocycles. The highest BCUT2D eigenvalue weighted by Crippen LogP contribution is 2.26. The molecule has 2 nitrogen and oxygen atoms in total. The molecule has 20 heavy (non-hydrogen) atoms. The van der Waals surface area contributed by atoms with Crippen molar-refractivity contribution in [3.8, 4) is 0 Å². The first-order valence-corrected chi connectivity index (χ1v) is 8.05. The molecule has 2 heterocycles. The first-order valence-electron chi connectivity index (χ1n) is 6.38. The highest BCUT2D eigenvalue weighted by molar-refractivity contribution is 9.10. The molecule has 0 aliphatic heterocycles. The Balaban J connectivity index is 1.82. The van der Waals surface area contributed by atoms with Crippen molar-refractivity contribution in [1.29, 1.82) is 0 Å². The van der Waals surface area contributed by atoms with Gasteiger partial charge in [-0.1, -0.05) is 30.3 Å². The van der Waals surface area contributed by atoms with Gasteiger partial charge < -0.3 is 4.42 Å². The van der Waals surface area contributed by atoms with E-state index in [4.69, 9.17) is 4.42 Å².